The van der Waals surface area contributed by atoms with E-state index in [4.69, 9.17) is 37.4 Å². The molecule has 0 aliphatic carbocycles. The Morgan fingerprint density at radius 3 is 2.35 bits per heavy atom. The Morgan fingerprint density at radius 2 is 1.82 bits per heavy atom. The number of ether oxygens (including phenoxy) is 3. The van der Waals surface area contributed by atoms with Crippen LogP contribution in [0.25, 0.3) is 5.52 Å². The zero-order chi connectivity index (χ0) is 30.0. The van der Waals surface area contributed by atoms with Crippen molar-refractivity contribution in [3.05, 3.63) is 38.4 Å². The minimum atomic E-state index is -1.48. The smallest absolute Gasteiger partial charge is 0.416 e. The Morgan fingerprint density at radius 1 is 1.18 bits per heavy atom. The fourth-order valence-electron chi connectivity index (χ4n) is 3.79. The summed E-state index contributed by atoms with van der Waals surface area (Å²) in [4.78, 5) is 32.4. The predicted molar refractivity (Wildman–Crippen MR) is 154 cm³/mol. The van der Waals surface area contributed by atoms with Crippen LogP contribution in [0.1, 0.15) is 58.9 Å². The molecule has 1 N–H and O–H groups in total. The highest BCUT2D eigenvalue weighted by molar-refractivity contribution is 7.09. The first-order valence-corrected chi connectivity index (χ1v) is 14.1. The molecule has 0 unspecified atom stereocenters. The molecular formula is C26H34Cl2FN5O5S. The van der Waals surface area contributed by atoms with Crippen LogP contribution in [0.5, 0.6) is 5.75 Å². The molecule has 0 fully saturated rings. The fraction of sp³-hybridized carbons (Fsp3) is 0.538. The normalized spacial score (nSPS) is 13.6. The molecule has 3 aromatic heterocycles. The highest BCUT2D eigenvalue weighted by Gasteiger charge is 2.33. The van der Waals surface area contributed by atoms with Gasteiger partial charge in [0.2, 0.25) is 5.28 Å². The molecule has 2 atom stereocenters. The molecule has 0 aliphatic heterocycles. The molecule has 0 saturated carbocycles. The molecule has 3 aromatic rings. The number of fused-ring (bicyclic) bond motifs is 1. The van der Waals surface area contributed by atoms with Crippen molar-refractivity contribution < 1.29 is 28.2 Å². The van der Waals surface area contributed by atoms with Gasteiger partial charge in [-0.3, -0.25) is 4.90 Å². The number of aromatic nitrogens is 3. The van der Waals surface area contributed by atoms with E-state index >= 15 is 0 Å². The maximum atomic E-state index is 14.7. The number of carbonyl (C=O) groups is 2. The lowest BCUT2D eigenvalue weighted by atomic mass is 10.0. The lowest BCUT2D eigenvalue weighted by Crippen LogP contribution is -2.44. The van der Waals surface area contributed by atoms with E-state index in [9.17, 15) is 14.0 Å². The van der Waals surface area contributed by atoms with Gasteiger partial charge in [-0.05, 0) is 71.5 Å². The maximum Gasteiger partial charge on any atom is 0.416 e. The van der Waals surface area contributed by atoms with Crippen LogP contribution in [0.3, 0.4) is 0 Å². The minimum absolute atomic E-state index is 0.0503. The van der Waals surface area contributed by atoms with Crippen LogP contribution >= 0.6 is 34.5 Å². The zero-order valence-electron chi connectivity index (χ0n) is 23.7. The summed E-state index contributed by atoms with van der Waals surface area (Å²) in [6.45, 7) is 11.8. The van der Waals surface area contributed by atoms with Gasteiger partial charge in [-0.2, -0.15) is 4.98 Å². The van der Waals surface area contributed by atoms with Gasteiger partial charge >= 0.3 is 12.2 Å². The van der Waals surface area contributed by atoms with Gasteiger partial charge in [0.25, 0.3) is 0 Å². The molecule has 0 spiro atoms. The molecular weight excluding hydrogens is 584 g/mol. The minimum Gasteiger partial charge on any atom is -0.494 e. The van der Waals surface area contributed by atoms with Gasteiger partial charge in [0.1, 0.15) is 22.5 Å². The Bertz CT molecular complexity index is 1350. The second kappa shape index (κ2) is 12.4. The van der Waals surface area contributed by atoms with Crippen LogP contribution in [0.15, 0.2) is 17.5 Å². The Labute approximate surface area is 246 Å². The topological polar surface area (TPSA) is 107 Å². The molecule has 0 aromatic carbocycles. The maximum absolute atomic E-state index is 14.7. The molecule has 40 heavy (non-hydrogen) atoms. The summed E-state index contributed by atoms with van der Waals surface area (Å²) in [5.41, 5.74) is -1.03. The van der Waals surface area contributed by atoms with Gasteiger partial charge in [0.05, 0.1) is 19.7 Å². The van der Waals surface area contributed by atoms with E-state index in [0.717, 1.165) is 4.88 Å². The average molecular weight is 619 g/mol. The highest BCUT2D eigenvalue weighted by Crippen LogP contribution is 2.40. The number of hydrogen-bond acceptors (Lipinski definition) is 8. The standard InChI is InChI=1S/C26H34Cl2FN5O5S/c1-14(29)17(30-23(35)38-25(2,3)4)12-16-19(37-8)18-21(31-22(28)32-34(18)20(16)27)33(13-15-10-9-11-40-15)24(36)39-26(5,6)7/h9-11,14,17H,12-13H2,1-8H3,(H,30,35)/t14-,17+/m0/s1. The molecule has 0 aliphatic rings. The van der Waals surface area contributed by atoms with Crippen molar-refractivity contribution >= 4 is 58.1 Å². The van der Waals surface area contributed by atoms with Crippen LogP contribution in [0.4, 0.5) is 19.8 Å². The van der Waals surface area contributed by atoms with Crippen LogP contribution in [-0.2, 0) is 22.4 Å². The quantitative estimate of drug-likeness (QED) is 0.295. The monoisotopic (exact) mass is 617 g/mol. The molecule has 3 heterocycles. The van der Waals surface area contributed by atoms with Crippen molar-refractivity contribution in [2.75, 3.05) is 12.0 Å². The summed E-state index contributed by atoms with van der Waals surface area (Å²) in [6, 6.07) is 2.70. The Hall–Kier alpha value is -2.83. The zero-order valence-corrected chi connectivity index (χ0v) is 26.0. The third-order valence-corrected chi connectivity index (χ3v) is 6.79. The van der Waals surface area contributed by atoms with Crippen molar-refractivity contribution in [2.45, 2.75) is 84.8 Å². The van der Waals surface area contributed by atoms with Crippen molar-refractivity contribution in [3.8, 4) is 5.75 Å². The number of methoxy groups -OCH3 is 1. The number of nitrogens with one attached hydrogen (secondary N) is 1. The van der Waals surface area contributed by atoms with Gasteiger partial charge < -0.3 is 19.5 Å². The first kappa shape index (κ1) is 31.7. The van der Waals surface area contributed by atoms with Crippen LogP contribution in [-0.4, -0.2) is 57.3 Å². The van der Waals surface area contributed by atoms with Gasteiger partial charge in [-0.1, -0.05) is 17.7 Å². The van der Waals surface area contributed by atoms with Gasteiger partial charge in [0, 0.05) is 16.9 Å². The average Bonchev–Trinajstić information content (AvgIpc) is 3.40. The molecule has 0 bridgehead atoms. The first-order valence-electron chi connectivity index (χ1n) is 12.5. The van der Waals surface area contributed by atoms with Gasteiger partial charge in [-0.15, -0.1) is 16.4 Å². The number of thiophene rings is 1. The van der Waals surface area contributed by atoms with E-state index < -0.39 is 35.6 Å². The molecule has 2 amide bonds. The number of alkyl halides is 1. The number of nitrogens with zero attached hydrogens (tertiary/aromatic N) is 4. The first-order chi connectivity index (χ1) is 18.5. The number of halogens is 3. The number of anilines is 1. The van der Waals surface area contributed by atoms with Gasteiger partial charge in [-0.25, -0.2) is 18.5 Å². The third kappa shape index (κ3) is 7.88. The van der Waals surface area contributed by atoms with E-state index in [1.54, 1.807) is 41.5 Å². The fourth-order valence-corrected chi connectivity index (χ4v) is 4.92. The van der Waals surface area contributed by atoms with Crippen molar-refractivity contribution in [3.63, 3.8) is 0 Å². The van der Waals surface area contributed by atoms with E-state index in [1.165, 1.54) is 34.8 Å². The van der Waals surface area contributed by atoms with Gasteiger partial charge in [0.15, 0.2) is 17.1 Å². The molecule has 220 valence electrons. The summed E-state index contributed by atoms with van der Waals surface area (Å²) in [7, 11) is 1.40. The Kier molecular flexibility index (Phi) is 9.79. The summed E-state index contributed by atoms with van der Waals surface area (Å²) in [6.07, 6.45) is -3.03. The molecule has 0 radical (unpaired) electrons. The number of alkyl carbamates (subject to hydrolysis) is 1. The lowest BCUT2D eigenvalue weighted by molar-refractivity contribution is 0.0476. The molecule has 0 saturated heterocycles. The number of carbonyl (C=O) groups excluding carboxylic acids is 2. The second-order valence-electron chi connectivity index (χ2n) is 11.0. The molecule has 3 rings (SSSR count). The summed E-state index contributed by atoms with van der Waals surface area (Å²) in [5, 5.41) is 8.51. The Balaban J connectivity index is 2.15. The third-order valence-electron chi connectivity index (χ3n) is 5.38. The summed E-state index contributed by atoms with van der Waals surface area (Å²) in [5.74, 6) is 0.269. The lowest BCUT2D eigenvalue weighted by Gasteiger charge is -2.27. The predicted octanol–water partition coefficient (Wildman–Crippen LogP) is 6.84. The summed E-state index contributed by atoms with van der Waals surface area (Å²) >= 11 is 14.5. The van der Waals surface area contributed by atoms with Crippen LogP contribution in [0, 0.1) is 0 Å². The van der Waals surface area contributed by atoms with Crippen molar-refractivity contribution in [2.24, 2.45) is 0 Å². The SMILES string of the molecule is COc1c(C[C@@H](NC(=O)OC(C)(C)C)[C@H](C)F)c(Cl)n2nc(Cl)nc(N(Cc3cccs3)C(=O)OC(C)(C)C)c12. The number of amides is 2. The van der Waals surface area contributed by atoms with Crippen LogP contribution < -0.4 is 15.0 Å². The van der Waals surface area contributed by atoms with E-state index in [0.29, 0.717) is 5.56 Å². The van der Waals surface area contributed by atoms with E-state index in [-0.39, 0.29) is 40.5 Å². The molecule has 10 nitrogen and oxygen atoms in total. The van der Waals surface area contributed by atoms with E-state index in [1.807, 2.05) is 17.5 Å². The van der Waals surface area contributed by atoms with Crippen molar-refractivity contribution in [1.82, 2.24) is 19.9 Å². The molecule has 14 heteroatoms. The number of rotatable bonds is 8. The van der Waals surface area contributed by atoms with Crippen LogP contribution in [0.2, 0.25) is 10.4 Å². The highest BCUT2D eigenvalue weighted by atomic mass is 35.5. The second-order valence-corrected chi connectivity index (χ2v) is 12.8. The largest absolute Gasteiger partial charge is 0.494 e. The van der Waals surface area contributed by atoms with E-state index in [2.05, 4.69) is 15.4 Å². The number of hydrogen-bond donors (Lipinski definition) is 1. The van der Waals surface area contributed by atoms with Crippen molar-refractivity contribution in [1.29, 1.82) is 0 Å². The summed E-state index contributed by atoms with van der Waals surface area (Å²) < 4.78 is 32.7.